The molecule has 1 fully saturated rings. The first-order valence-electron chi connectivity index (χ1n) is 5.73. The highest BCUT2D eigenvalue weighted by Gasteiger charge is 2.39. The Morgan fingerprint density at radius 1 is 1.33 bits per heavy atom. The summed E-state index contributed by atoms with van der Waals surface area (Å²) in [4.78, 5) is 15.7. The van der Waals surface area contributed by atoms with Crippen LogP contribution in [0.25, 0.3) is 11.5 Å². The van der Waals surface area contributed by atoms with E-state index < -0.39 is 0 Å². The van der Waals surface area contributed by atoms with Crippen LogP contribution in [0.3, 0.4) is 0 Å². The molecule has 1 saturated carbocycles. The molecular formula is C12H12N4O2. The van der Waals surface area contributed by atoms with Crippen molar-refractivity contribution in [2.45, 2.75) is 25.3 Å². The van der Waals surface area contributed by atoms with Crippen LogP contribution in [0.15, 0.2) is 28.9 Å². The van der Waals surface area contributed by atoms with E-state index in [9.17, 15) is 4.79 Å². The number of aromatic nitrogens is 3. The topological polar surface area (TPSA) is 80.9 Å². The van der Waals surface area contributed by atoms with Gasteiger partial charge in [-0.2, -0.15) is 0 Å². The Kier molecular flexibility index (Phi) is 2.36. The summed E-state index contributed by atoms with van der Waals surface area (Å²) in [6, 6.07) is 3.49. The molecule has 0 spiro atoms. The summed E-state index contributed by atoms with van der Waals surface area (Å²) in [5.74, 6) is 0.00115. The van der Waals surface area contributed by atoms with Crippen molar-refractivity contribution in [3.8, 4) is 11.5 Å². The highest BCUT2D eigenvalue weighted by molar-refractivity contribution is 5.90. The van der Waals surface area contributed by atoms with Crippen LogP contribution in [-0.4, -0.2) is 26.6 Å². The van der Waals surface area contributed by atoms with Gasteiger partial charge in [-0.25, -0.2) is 0 Å². The predicted molar refractivity (Wildman–Crippen MR) is 62.6 cm³/mol. The van der Waals surface area contributed by atoms with Crippen LogP contribution in [-0.2, 0) is 0 Å². The number of rotatable bonds is 3. The molecular weight excluding hydrogens is 232 g/mol. The van der Waals surface area contributed by atoms with Gasteiger partial charge in [0.15, 0.2) is 0 Å². The Bertz CT molecular complexity index is 575. The van der Waals surface area contributed by atoms with Gasteiger partial charge in [0, 0.05) is 23.5 Å². The molecule has 0 saturated heterocycles. The van der Waals surface area contributed by atoms with Gasteiger partial charge in [0.2, 0.25) is 5.89 Å². The SMILES string of the molecule is CC1(NC(=O)c2nnc(-c3ccncc3)o2)CC1. The van der Waals surface area contributed by atoms with Crippen LogP contribution in [0, 0.1) is 0 Å². The fraction of sp³-hybridized carbons (Fsp3) is 0.333. The average Bonchev–Trinajstić information content (AvgIpc) is 2.94. The number of nitrogens with one attached hydrogen (secondary N) is 1. The molecule has 0 atom stereocenters. The minimum Gasteiger partial charge on any atom is -0.412 e. The van der Waals surface area contributed by atoms with Crippen LogP contribution in [0.5, 0.6) is 0 Å². The van der Waals surface area contributed by atoms with Gasteiger partial charge in [-0.15, -0.1) is 10.2 Å². The summed E-state index contributed by atoms with van der Waals surface area (Å²) in [5, 5.41) is 10.5. The molecule has 1 amide bonds. The fourth-order valence-electron chi connectivity index (χ4n) is 1.57. The molecule has 6 heteroatoms. The van der Waals surface area contributed by atoms with Gasteiger partial charge in [0.25, 0.3) is 0 Å². The Balaban J connectivity index is 1.79. The Hall–Kier alpha value is -2.24. The molecule has 0 unspecified atom stereocenters. The minimum absolute atomic E-state index is 0.00469. The second-order valence-electron chi connectivity index (χ2n) is 4.66. The van der Waals surface area contributed by atoms with E-state index in [1.54, 1.807) is 24.5 Å². The Labute approximate surface area is 103 Å². The fourth-order valence-corrected chi connectivity index (χ4v) is 1.57. The summed E-state index contributed by atoms with van der Waals surface area (Å²) in [5.41, 5.74) is 0.650. The number of nitrogens with zero attached hydrogens (tertiary/aromatic N) is 3. The van der Waals surface area contributed by atoms with Crippen molar-refractivity contribution in [1.82, 2.24) is 20.5 Å². The standard InChI is InChI=1S/C12H12N4O2/c1-12(4-5-12)14-9(17)11-16-15-10(18-11)8-2-6-13-7-3-8/h2-3,6-7H,4-5H2,1H3,(H,14,17). The predicted octanol–water partition coefficient (Wildman–Crippen LogP) is 1.41. The summed E-state index contributed by atoms with van der Waals surface area (Å²) in [6.07, 6.45) is 5.24. The molecule has 6 nitrogen and oxygen atoms in total. The van der Waals surface area contributed by atoms with Crippen LogP contribution in [0.4, 0.5) is 0 Å². The molecule has 0 aliphatic heterocycles. The Morgan fingerprint density at radius 3 is 2.72 bits per heavy atom. The normalized spacial score (nSPS) is 16.3. The van der Waals surface area contributed by atoms with E-state index in [0.717, 1.165) is 18.4 Å². The first kappa shape index (κ1) is 10.9. The molecule has 0 bridgehead atoms. The number of hydrogen-bond acceptors (Lipinski definition) is 5. The lowest BCUT2D eigenvalue weighted by atomic mass is 10.3. The van der Waals surface area contributed by atoms with Crippen molar-refractivity contribution in [1.29, 1.82) is 0 Å². The van der Waals surface area contributed by atoms with Crippen molar-refractivity contribution < 1.29 is 9.21 Å². The minimum atomic E-state index is -0.317. The summed E-state index contributed by atoms with van der Waals surface area (Å²) < 4.78 is 5.34. The monoisotopic (exact) mass is 244 g/mol. The second-order valence-corrected chi connectivity index (χ2v) is 4.66. The molecule has 2 aromatic heterocycles. The highest BCUT2D eigenvalue weighted by Crippen LogP contribution is 2.34. The smallest absolute Gasteiger partial charge is 0.309 e. The van der Waals surface area contributed by atoms with Crippen molar-refractivity contribution in [3.63, 3.8) is 0 Å². The van der Waals surface area contributed by atoms with Crippen LogP contribution >= 0.6 is 0 Å². The van der Waals surface area contributed by atoms with Gasteiger partial charge in [-0.1, -0.05) is 0 Å². The van der Waals surface area contributed by atoms with E-state index in [-0.39, 0.29) is 17.3 Å². The lowest BCUT2D eigenvalue weighted by molar-refractivity contribution is 0.0901. The number of carbonyl (C=O) groups excluding carboxylic acids is 1. The van der Waals surface area contributed by atoms with Gasteiger partial charge in [0.05, 0.1) is 0 Å². The maximum absolute atomic E-state index is 11.8. The molecule has 1 aliphatic carbocycles. The van der Waals surface area contributed by atoms with E-state index in [1.165, 1.54) is 0 Å². The van der Waals surface area contributed by atoms with E-state index >= 15 is 0 Å². The van der Waals surface area contributed by atoms with E-state index in [1.807, 2.05) is 6.92 Å². The van der Waals surface area contributed by atoms with Crippen LogP contribution in [0.1, 0.15) is 30.5 Å². The lowest BCUT2D eigenvalue weighted by Gasteiger charge is -2.07. The maximum atomic E-state index is 11.8. The summed E-state index contributed by atoms with van der Waals surface area (Å²) in [6.45, 7) is 1.99. The number of amides is 1. The number of hydrogen-bond donors (Lipinski definition) is 1. The lowest BCUT2D eigenvalue weighted by Crippen LogP contribution is -2.34. The molecule has 1 N–H and O–H groups in total. The maximum Gasteiger partial charge on any atom is 0.309 e. The van der Waals surface area contributed by atoms with Crippen LogP contribution in [0.2, 0.25) is 0 Å². The van der Waals surface area contributed by atoms with Crippen LogP contribution < -0.4 is 5.32 Å². The second kappa shape index (κ2) is 3.90. The largest absolute Gasteiger partial charge is 0.412 e. The molecule has 1 aliphatic rings. The summed E-state index contributed by atoms with van der Waals surface area (Å²) in [7, 11) is 0. The van der Waals surface area contributed by atoms with Crippen molar-refractivity contribution in [2.24, 2.45) is 0 Å². The van der Waals surface area contributed by atoms with Crippen molar-refractivity contribution in [3.05, 3.63) is 30.4 Å². The van der Waals surface area contributed by atoms with E-state index in [4.69, 9.17) is 4.42 Å². The summed E-state index contributed by atoms with van der Waals surface area (Å²) >= 11 is 0. The average molecular weight is 244 g/mol. The molecule has 2 heterocycles. The molecule has 0 radical (unpaired) electrons. The molecule has 0 aromatic carbocycles. The molecule has 3 rings (SSSR count). The Morgan fingerprint density at radius 2 is 2.06 bits per heavy atom. The first-order chi connectivity index (χ1) is 8.66. The van der Waals surface area contributed by atoms with Gasteiger partial charge >= 0.3 is 11.8 Å². The van der Waals surface area contributed by atoms with Gasteiger partial charge in [-0.05, 0) is 31.9 Å². The third-order valence-electron chi connectivity index (χ3n) is 2.96. The van der Waals surface area contributed by atoms with Gasteiger partial charge in [0.1, 0.15) is 0 Å². The quantitative estimate of drug-likeness (QED) is 0.882. The molecule has 92 valence electrons. The number of pyridine rings is 1. The zero-order chi connectivity index (χ0) is 12.6. The number of carbonyl (C=O) groups is 1. The molecule has 18 heavy (non-hydrogen) atoms. The van der Waals surface area contributed by atoms with Crippen molar-refractivity contribution in [2.75, 3.05) is 0 Å². The van der Waals surface area contributed by atoms with E-state index in [0.29, 0.717) is 5.89 Å². The zero-order valence-corrected chi connectivity index (χ0v) is 9.88. The third-order valence-corrected chi connectivity index (χ3v) is 2.96. The van der Waals surface area contributed by atoms with Gasteiger partial charge < -0.3 is 9.73 Å². The first-order valence-corrected chi connectivity index (χ1v) is 5.73. The van der Waals surface area contributed by atoms with E-state index in [2.05, 4.69) is 20.5 Å². The van der Waals surface area contributed by atoms with Crippen molar-refractivity contribution >= 4 is 5.91 Å². The molecule has 2 aromatic rings. The third kappa shape index (κ3) is 2.09. The zero-order valence-electron chi connectivity index (χ0n) is 9.88. The van der Waals surface area contributed by atoms with Gasteiger partial charge in [-0.3, -0.25) is 9.78 Å². The highest BCUT2D eigenvalue weighted by atomic mass is 16.4.